The van der Waals surface area contributed by atoms with Crippen LogP contribution in [0.3, 0.4) is 0 Å². The fourth-order valence-electron chi connectivity index (χ4n) is 2.08. The smallest absolute Gasteiger partial charge is 0.365 e. The molecule has 0 amide bonds. The summed E-state index contributed by atoms with van der Waals surface area (Å²) in [6, 6.07) is 7.00. The Morgan fingerprint density at radius 3 is 2.76 bits per heavy atom. The molecule has 3 rings (SSSR count). The van der Waals surface area contributed by atoms with Gasteiger partial charge in [0.2, 0.25) is 5.71 Å². The van der Waals surface area contributed by atoms with Gasteiger partial charge in [-0.2, -0.15) is 0 Å². The number of aromatic amines is 1. The van der Waals surface area contributed by atoms with Gasteiger partial charge in [-0.3, -0.25) is 5.10 Å². The number of azo groups is 1. The maximum atomic E-state index is 12.0. The van der Waals surface area contributed by atoms with E-state index >= 15 is 0 Å². The standard InChI is InChI=1S/C14H11ClN4O2/c1-7-11-8(2)16-19-13(11)21-14(20)12(7)18-17-10-6-4-3-5-9(10)15/h3-6H,1-2H3,(H,16,19). The summed E-state index contributed by atoms with van der Waals surface area (Å²) in [5.41, 5.74) is 1.80. The van der Waals surface area contributed by atoms with Crippen LogP contribution < -0.4 is 5.63 Å². The Balaban J connectivity index is 2.15. The largest absolute Gasteiger partial charge is 0.400 e. The molecule has 0 saturated carbocycles. The summed E-state index contributed by atoms with van der Waals surface area (Å²) in [6.45, 7) is 3.63. The number of H-pyrrole nitrogens is 1. The maximum Gasteiger partial charge on any atom is 0.365 e. The van der Waals surface area contributed by atoms with Crippen LogP contribution in [0.15, 0.2) is 43.7 Å². The molecule has 0 aliphatic rings. The van der Waals surface area contributed by atoms with Crippen molar-refractivity contribution in [3.8, 4) is 0 Å². The second-order valence-corrected chi connectivity index (χ2v) is 4.95. The van der Waals surface area contributed by atoms with Crippen LogP contribution in [0.2, 0.25) is 5.02 Å². The van der Waals surface area contributed by atoms with Gasteiger partial charge in [-0.05, 0) is 31.5 Å². The van der Waals surface area contributed by atoms with Crippen molar-refractivity contribution in [2.24, 2.45) is 10.2 Å². The zero-order chi connectivity index (χ0) is 15.0. The van der Waals surface area contributed by atoms with Gasteiger partial charge in [-0.15, -0.1) is 15.3 Å². The van der Waals surface area contributed by atoms with Crippen LogP contribution in [0, 0.1) is 13.8 Å². The number of halogens is 1. The molecule has 0 aliphatic heterocycles. The van der Waals surface area contributed by atoms with Gasteiger partial charge in [0.05, 0.1) is 10.4 Å². The molecule has 3 aromatic rings. The van der Waals surface area contributed by atoms with Gasteiger partial charge in [0.25, 0.3) is 0 Å². The van der Waals surface area contributed by atoms with Gasteiger partial charge in [-0.1, -0.05) is 23.7 Å². The van der Waals surface area contributed by atoms with E-state index in [1.165, 1.54) is 0 Å². The molecule has 0 bridgehead atoms. The Bertz CT molecular complexity index is 911. The zero-order valence-electron chi connectivity index (χ0n) is 11.3. The predicted octanol–water partition coefficient (Wildman–Crippen LogP) is 4.20. The first-order valence-corrected chi connectivity index (χ1v) is 6.60. The number of rotatable bonds is 2. The summed E-state index contributed by atoms with van der Waals surface area (Å²) in [5.74, 6) is 0. The number of benzene rings is 1. The average Bonchev–Trinajstić information content (AvgIpc) is 2.81. The summed E-state index contributed by atoms with van der Waals surface area (Å²) >= 11 is 6.00. The van der Waals surface area contributed by atoms with Crippen molar-refractivity contribution in [3.63, 3.8) is 0 Å². The second-order valence-electron chi connectivity index (χ2n) is 4.54. The number of nitrogens with zero attached hydrogens (tertiary/aromatic N) is 3. The van der Waals surface area contributed by atoms with Crippen LogP contribution in [0.5, 0.6) is 0 Å². The van der Waals surface area contributed by atoms with Crippen LogP contribution in [0.1, 0.15) is 11.3 Å². The van der Waals surface area contributed by atoms with Crippen LogP contribution in [-0.2, 0) is 0 Å². The highest BCUT2D eigenvalue weighted by molar-refractivity contribution is 6.32. The number of hydrogen-bond donors (Lipinski definition) is 1. The third-order valence-electron chi connectivity index (χ3n) is 3.14. The zero-order valence-corrected chi connectivity index (χ0v) is 12.1. The first-order chi connectivity index (χ1) is 10.1. The van der Waals surface area contributed by atoms with Crippen LogP contribution in [0.4, 0.5) is 11.4 Å². The van der Waals surface area contributed by atoms with Crippen molar-refractivity contribution in [2.75, 3.05) is 0 Å². The van der Waals surface area contributed by atoms with Crippen molar-refractivity contribution < 1.29 is 4.42 Å². The number of aromatic nitrogens is 2. The highest BCUT2D eigenvalue weighted by Gasteiger charge is 2.15. The topological polar surface area (TPSA) is 83.6 Å². The molecular formula is C14H11ClN4O2. The summed E-state index contributed by atoms with van der Waals surface area (Å²) in [7, 11) is 0. The number of nitrogens with one attached hydrogen (secondary N) is 1. The Kier molecular flexibility index (Phi) is 3.31. The number of fused-ring (bicyclic) bond motifs is 1. The molecule has 0 radical (unpaired) electrons. The maximum absolute atomic E-state index is 12.0. The van der Waals surface area contributed by atoms with Gasteiger partial charge >= 0.3 is 5.63 Å². The molecular weight excluding hydrogens is 292 g/mol. The van der Waals surface area contributed by atoms with Crippen molar-refractivity contribution in [1.82, 2.24) is 10.2 Å². The second kappa shape index (κ2) is 5.14. The minimum atomic E-state index is -0.581. The molecule has 2 heterocycles. The van der Waals surface area contributed by atoms with E-state index in [0.29, 0.717) is 16.3 Å². The Labute approximate surface area is 124 Å². The lowest BCUT2D eigenvalue weighted by Gasteiger charge is -2.00. The van der Waals surface area contributed by atoms with Crippen LogP contribution in [-0.4, -0.2) is 10.2 Å². The van der Waals surface area contributed by atoms with E-state index in [1.807, 2.05) is 6.92 Å². The first-order valence-electron chi connectivity index (χ1n) is 6.22. The predicted molar refractivity (Wildman–Crippen MR) is 79.7 cm³/mol. The molecule has 21 heavy (non-hydrogen) atoms. The quantitative estimate of drug-likeness (QED) is 0.720. The van der Waals surface area contributed by atoms with Crippen molar-refractivity contribution in [2.45, 2.75) is 13.8 Å². The summed E-state index contributed by atoms with van der Waals surface area (Å²) in [6.07, 6.45) is 0. The molecule has 2 aromatic heterocycles. The lowest BCUT2D eigenvalue weighted by molar-refractivity contribution is 0.548. The van der Waals surface area contributed by atoms with Crippen molar-refractivity contribution in [1.29, 1.82) is 0 Å². The molecule has 6 nitrogen and oxygen atoms in total. The lowest BCUT2D eigenvalue weighted by atomic mass is 10.1. The molecule has 106 valence electrons. The Morgan fingerprint density at radius 1 is 1.24 bits per heavy atom. The van der Waals surface area contributed by atoms with Gasteiger partial charge in [-0.25, -0.2) is 4.79 Å². The van der Waals surface area contributed by atoms with E-state index in [0.717, 1.165) is 11.1 Å². The lowest BCUT2D eigenvalue weighted by Crippen LogP contribution is -2.00. The van der Waals surface area contributed by atoms with Gasteiger partial charge in [0, 0.05) is 5.69 Å². The molecule has 7 heteroatoms. The summed E-state index contributed by atoms with van der Waals surface area (Å²) < 4.78 is 5.13. The van der Waals surface area contributed by atoms with E-state index in [1.54, 1.807) is 31.2 Å². The molecule has 0 unspecified atom stereocenters. The van der Waals surface area contributed by atoms with E-state index in [4.69, 9.17) is 16.0 Å². The van der Waals surface area contributed by atoms with E-state index < -0.39 is 5.63 Å². The number of hydrogen-bond acceptors (Lipinski definition) is 5. The van der Waals surface area contributed by atoms with Crippen LogP contribution >= 0.6 is 11.6 Å². The van der Waals surface area contributed by atoms with Gasteiger partial charge < -0.3 is 4.42 Å². The van der Waals surface area contributed by atoms with Gasteiger partial charge in [0.15, 0.2) is 5.69 Å². The first kappa shape index (κ1) is 13.5. The molecule has 0 fully saturated rings. The van der Waals surface area contributed by atoms with Crippen molar-refractivity contribution in [3.05, 3.63) is 51.0 Å². The van der Waals surface area contributed by atoms with E-state index in [-0.39, 0.29) is 11.4 Å². The van der Waals surface area contributed by atoms with Crippen molar-refractivity contribution >= 4 is 34.1 Å². The Hall–Kier alpha value is -2.47. The molecule has 1 aromatic carbocycles. The Morgan fingerprint density at radius 2 is 2.00 bits per heavy atom. The molecule has 0 aliphatic carbocycles. The SMILES string of the molecule is Cc1[nH]nc2oc(=O)c(N=Nc3ccccc3Cl)c(C)c12. The van der Waals surface area contributed by atoms with E-state index in [2.05, 4.69) is 20.4 Å². The third-order valence-corrected chi connectivity index (χ3v) is 3.46. The third kappa shape index (κ3) is 2.34. The van der Waals surface area contributed by atoms with Gasteiger partial charge in [0.1, 0.15) is 5.69 Å². The molecule has 1 N–H and O–H groups in total. The summed E-state index contributed by atoms with van der Waals surface area (Å²) in [4.78, 5) is 12.0. The summed E-state index contributed by atoms with van der Waals surface area (Å²) in [5, 5.41) is 15.9. The molecule has 0 saturated heterocycles. The van der Waals surface area contributed by atoms with Crippen LogP contribution in [0.25, 0.3) is 11.1 Å². The van der Waals surface area contributed by atoms with E-state index in [9.17, 15) is 4.79 Å². The fraction of sp³-hybridized carbons (Fsp3) is 0.143. The number of aryl methyl sites for hydroxylation is 2. The minimum absolute atomic E-state index is 0.145. The fourth-order valence-corrected chi connectivity index (χ4v) is 2.26. The average molecular weight is 303 g/mol. The highest BCUT2D eigenvalue weighted by atomic mass is 35.5. The molecule has 0 spiro atoms. The monoisotopic (exact) mass is 302 g/mol. The molecule has 0 atom stereocenters. The highest BCUT2D eigenvalue weighted by Crippen LogP contribution is 2.29. The minimum Gasteiger partial charge on any atom is -0.400 e. The normalized spacial score (nSPS) is 11.6.